The lowest BCUT2D eigenvalue weighted by Crippen LogP contribution is -2.52. The highest BCUT2D eigenvalue weighted by Gasteiger charge is 2.35. The summed E-state index contributed by atoms with van der Waals surface area (Å²) >= 11 is 0. The highest BCUT2D eigenvalue weighted by Crippen LogP contribution is 2.33. The molecule has 0 aliphatic carbocycles. The molecule has 4 nitrogen and oxygen atoms in total. The molecule has 22 heavy (non-hydrogen) atoms. The van der Waals surface area contributed by atoms with Crippen LogP contribution in [-0.2, 0) is 0 Å². The Hall–Kier alpha value is -1.75. The van der Waals surface area contributed by atoms with Gasteiger partial charge < -0.3 is 9.80 Å². The zero-order chi connectivity index (χ0) is 15.7. The molecule has 5 heteroatoms. The van der Waals surface area contributed by atoms with Crippen LogP contribution < -0.4 is 4.90 Å². The Bertz CT molecular complexity index is 663. The zero-order valence-electron chi connectivity index (χ0n) is 13.5. The number of anilines is 1. The normalized spacial score (nSPS) is 18.1. The third-order valence-electron chi connectivity index (χ3n) is 5.20. The van der Waals surface area contributed by atoms with Gasteiger partial charge in [-0.05, 0) is 45.5 Å². The second-order valence-corrected chi connectivity index (χ2v) is 6.29. The molecule has 0 saturated carbocycles. The molecule has 1 aromatic heterocycles. The van der Waals surface area contributed by atoms with E-state index in [1.54, 1.807) is 6.07 Å². The summed E-state index contributed by atoms with van der Waals surface area (Å²) in [7, 11) is 4.32. The van der Waals surface area contributed by atoms with Crippen LogP contribution >= 0.6 is 0 Å². The van der Waals surface area contributed by atoms with Crippen molar-refractivity contribution < 1.29 is 4.39 Å². The van der Waals surface area contributed by atoms with Gasteiger partial charge in [-0.3, -0.25) is 0 Å². The highest BCUT2D eigenvalue weighted by atomic mass is 19.1. The van der Waals surface area contributed by atoms with E-state index in [9.17, 15) is 4.39 Å². The van der Waals surface area contributed by atoms with Crippen molar-refractivity contribution >= 4 is 16.7 Å². The molecule has 3 rings (SSSR count). The maximum atomic E-state index is 13.9. The molecule has 2 heterocycles. The van der Waals surface area contributed by atoms with Crippen molar-refractivity contribution in [3.05, 3.63) is 30.3 Å². The minimum atomic E-state index is -0.283. The van der Waals surface area contributed by atoms with Crippen LogP contribution in [0.1, 0.15) is 26.2 Å². The lowest BCUT2D eigenvalue weighted by molar-refractivity contribution is 0.111. The van der Waals surface area contributed by atoms with Gasteiger partial charge in [-0.2, -0.15) is 0 Å². The summed E-state index contributed by atoms with van der Waals surface area (Å²) in [5.74, 6) is 0.572. The summed E-state index contributed by atoms with van der Waals surface area (Å²) in [5.41, 5.74) is 0.678. The number of benzene rings is 1. The average molecular weight is 302 g/mol. The fourth-order valence-electron chi connectivity index (χ4n) is 3.54. The minimum Gasteiger partial charge on any atom is -0.356 e. The molecule has 1 fully saturated rings. The van der Waals surface area contributed by atoms with Gasteiger partial charge in [-0.15, -0.1) is 0 Å². The predicted molar refractivity (Wildman–Crippen MR) is 87.7 cm³/mol. The Morgan fingerprint density at radius 3 is 2.59 bits per heavy atom. The molecule has 1 aliphatic rings. The number of nitrogens with zero attached hydrogens (tertiary/aromatic N) is 4. The molecule has 1 aromatic carbocycles. The molecule has 0 unspecified atom stereocenters. The van der Waals surface area contributed by atoms with Crippen molar-refractivity contribution in [2.24, 2.45) is 0 Å². The van der Waals surface area contributed by atoms with Crippen LogP contribution in [0.15, 0.2) is 24.5 Å². The number of piperidine rings is 1. The molecule has 1 saturated heterocycles. The smallest absolute Gasteiger partial charge is 0.149 e. The second kappa shape index (κ2) is 5.80. The molecule has 2 aromatic rings. The Morgan fingerprint density at radius 2 is 1.95 bits per heavy atom. The van der Waals surface area contributed by atoms with E-state index in [0.717, 1.165) is 43.6 Å². The van der Waals surface area contributed by atoms with Crippen LogP contribution in [0.3, 0.4) is 0 Å². The number of hydrogen-bond donors (Lipinski definition) is 0. The zero-order valence-corrected chi connectivity index (χ0v) is 13.5. The second-order valence-electron chi connectivity index (χ2n) is 6.29. The molecule has 0 spiro atoms. The van der Waals surface area contributed by atoms with Gasteiger partial charge in [0.2, 0.25) is 0 Å². The van der Waals surface area contributed by atoms with Crippen molar-refractivity contribution in [1.82, 2.24) is 14.9 Å². The van der Waals surface area contributed by atoms with Crippen molar-refractivity contribution in [3.8, 4) is 0 Å². The quantitative estimate of drug-likeness (QED) is 0.872. The first-order chi connectivity index (χ1) is 10.6. The third-order valence-corrected chi connectivity index (χ3v) is 5.20. The highest BCUT2D eigenvalue weighted by molar-refractivity contribution is 5.89. The van der Waals surface area contributed by atoms with Crippen LogP contribution in [0, 0.1) is 5.82 Å². The van der Waals surface area contributed by atoms with E-state index in [4.69, 9.17) is 0 Å². The lowest BCUT2D eigenvalue weighted by Gasteiger charge is -2.46. The first-order valence-corrected chi connectivity index (χ1v) is 7.89. The van der Waals surface area contributed by atoms with Crippen LogP contribution in [0.5, 0.6) is 0 Å². The van der Waals surface area contributed by atoms with Crippen LogP contribution in [0.25, 0.3) is 10.9 Å². The summed E-state index contributed by atoms with van der Waals surface area (Å²) in [6.07, 6.45) is 4.80. The lowest BCUT2D eigenvalue weighted by atomic mass is 9.84. The van der Waals surface area contributed by atoms with Gasteiger partial charge in [-0.1, -0.05) is 13.0 Å². The standard InChI is InChI=1S/C17H23FN4/c1-4-17(21(2)3)8-10-22(11-9-17)16-13-6-5-7-14(18)15(13)19-12-20-16/h5-7,12H,4,8-11H2,1-3H3. The topological polar surface area (TPSA) is 32.3 Å². The number of halogens is 1. The SMILES string of the molecule is CCC1(N(C)C)CCN(c2ncnc3c(F)cccc23)CC1. The molecular formula is C17H23FN4. The Balaban J connectivity index is 1.90. The molecule has 0 radical (unpaired) electrons. The van der Waals surface area contributed by atoms with Crippen molar-refractivity contribution in [3.63, 3.8) is 0 Å². The summed E-state index contributed by atoms with van der Waals surface area (Å²) in [6, 6.07) is 5.08. The average Bonchev–Trinajstić information content (AvgIpc) is 2.55. The molecule has 118 valence electrons. The molecular weight excluding hydrogens is 279 g/mol. The molecule has 1 aliphatic heterocycles. The maximum absolute atomic E-state index is 13.9. The number of fused-ring (bicyclic) bond motifs is 1. The maximum Gasteiger partial charge on any atom is 0.149 e. The van der Waals surface area contributed by atoms with Gasteiger partial charge in [0.15, 0.2) is 0 Å². The van der Waals surface area contributed by atoms with E-state index in [-0.39, 0.29) is 11.4 Å². The molecule has 0 atom stereocenters. The number of rotatable bonds is 3. The van der Waals surface area contributed by atoms with Gasteiger partial charge >= 0.3 is 0 Å². The summed E-state index contributed by atoms with van der Waals surface area (Å²) in [5, 5.41) is 0.802. The molecule has 0 amide bonds. The van der Waals surface area contributed by atoms with E-state index in [0.29, 0.717) is 5.52 Å². The van der Waals surface area contributed by atoms with E-state index >= 15 is 0 Å². The summed E-state index contributed by atoms with van der Waals surface area (Å²) in [4.78, 5) is 13.1. The third kappa shape index (κ3) is 2.43. The molecule has 0 N–H and O–H groups in total. The fraction of sp³-hybridized carbons (Fsp3) is 0.529. The number of para-hydroxylation sites is 1. The largest absolute Gasteiger partial charge is 0.356 e. The molecule has 0 bridgehead atoms. The monoisotopic (exact) mass is 302 g/mol. The summed E-state index contributed by atoms with van der Waals surface area (Å²) in [6.45, 7) is 4.13. The van der Waals surface area contributed by atoms with Crippen LogP contribution in [0.2, 0.25) is 0 Å². The van der Waals surface area contributed by atoms with E-state index in [2.05, 4.69) is 40.8 Å². The Kier molecular flexibility index (Phi) is 4.00. The van der Waals surface area contributed by atoms with Gasteiger partial charge in [0.1, 0.15) is 23.5 Å². The van der Waals surface area contributed by atoms with Crippen molar-refractivity contribution in [2.45, 2.75) is 31.7 Å². The Labute approximate surface area is 131 Å². The minimum absolute atomic E-state index is 0.268. The van der Waals surface area contributed by atoms with Gasteiger partial charge in [0, 0.05) is 24.0 Å². The summed E-state index contributed by atoms with van der Waals surface area (Å²) < 4.78 is 13.9. The number of hydrogen-bond acceptors (Lipinski definition) is 4. The van der Waals surface area contributed by atoms with Gasteiger partial charge in [0.05, 0.1) is 0 Å². The fourth-order valence-corrected chi connectivity index (χ4v) is 3.54. The van der Waals surface area contributed by atoms with Crippen molar-refractivity contribution in [2.75, 3.05) is 32.1 Å². The predicted octanol–water partition coefficient (Wildman–Crippen LogP) is 3.08. The van der Waals surface area contributed by atoms with E-state index in [1.807, 2.05) is 6.07 Å². The first-order valence-electron chi connectivity index (χ1n) is 7.89. The van der Waals surface area contributed by atoms with Gasteiger partial charge in [-0.25, -0.2) is 14.4 Å². The van der Waals surface area contributed by atoms with Crippen molar-refractivity contribution in [1.29, 1.82) is 0 Å². The first kappa shape index (κ1) is 15.2. The van der Waals surface area contributed by atoms with Crippen LogP contribution in [0.4, 0.5) is 10.2 Å². The Morgan fingerprint density at radius 1 is 1.23 bits per heavy atom. The van der Waals surface area contributed by atoms with Gasteiger partial charge in [0.25, 0.3) is 0 Å². The van der Waals surface area contributed by atoms with E-state index < -0.39 is 0 Å². The van der Waals surface area contributed by atoms with E-state index in [1.165, 1.54) is 12.4 Å². The van der Waals surface area contributed by atoms with Crippen LogP contribution in [-0.4, -0.2) is 47.6 Å². The number of aromatic nitrogens is 2.